The molecule has 2 N–H and O–H groups in total. The largest absolute Gasteiger partial charge is 0.449 e. The highest BCUT2D eigenvalue weighted by Gasteiger charge is 2.45. The van der Waals surface area contributed by atoms with Gasteiger partial charge in [0, 0.05) is 25.2 Å². The van der Waals surface area contributed by atoms with E-state index in [0.717, 1.165) is 50.9 Å². The topological polar surface area (TPSA) is 123 Å². The molecule has 1 aromatic rings. The van der Waals surface area contributed by atoms with Gasteiger partial charge in [0.2, 0.25) is 5.78 Å². The molecule has 2 saturated heterocycles. The third-order valence-corrected chi connectivity index (χ3v) is 7.95. The van der Waals surface area contributed by atoms with E-state index in [0.29, 0.717) is 31.9 Å². The first-order valence-corrected chi connectivity index (χ1v) is 15.0. The Hall–Kier alpha value is -3.14. The van der Waals surface area contributed by atoms with E-state index in [1.165, 1.54) is 0 Å². The van der Waals surface area contributed by atoms with Crippen molar-refractivity contribution in [1.29, 1.82) is 0 Å². The third-order valence-electron chi connectivity index (χ3n) is 7.95. The molecule has 10 heteroatoms. The molecule has 0 bridgehead atoms. The fourth-order valence-electron chi connectivity index (χ4n) is 5.27. The SMILES string of the molecule is CCCC[C@H](NC(=O)O[C@@H]1CN(C(=O)OCCCCC2CCOC2)CC1(C)C)C(=O)C(=O)N[C@H](C)c1ccccc1. The van der Waals surface area contributed by atoms with Gasteiger partial charge in [-0.2, -0.15) is 0 Å². The lowest BCUT2D eigenvalue weighted by Crippen LogP contribution is -2.49. The molecule has 4 atom stereocenters. The number of Topliss-reactive ketones (excluding diaryl/α,β-unsaturated/α-hetero) is 1. The number of likely N-dealkylation sites (tertiary alicyclic amines) is 1. The minimum absolute atomic E-state index is 0.196. The minimum atomic E-state index is -1.01. The van der Waals surface area contributed by atoms with Gasteiger partial charge in [-0.15, -0.1) is 0 Å². The molecule has 228 valence electrons. The molecular formula is C31H47N3O7. The molecule has 1 aromatic carbocycles. The average molecular weight is 574 g/mol. The maximum atomic E-state index is 13.0. The summed E-state index contributed by atoms with van der Waals surface area (Å²) >= 11 is 0. The molecule has 10 nitrogen and oxygen atoms in total. The number of nitrogens with one attached hydrogen (secondary N) is 2. The van der Waals surface area contributed by atoms with E-state index in [1.54, 1.807) is 11.8 Å². The number of rotatable bonds is 14. The Kier molecular flexibility index (Phi) is 12.4. The van der Waals surface area contributed by atoms with Gasteiger partial charge in [-0.05, 0) is 50.5 Å². The van der Waals surface area contributed by atoms with Gasteiger partial charge in [0.25, 0.3) is 5.91 Å². The lowest BCUT2D eigenvalue weighted by Gasteiger charge is -2.26. The normalized spacial score (nSPS) is 21.1. The van der Waals surface area contributed by atoms with Crippen LogP contribution in [-0.2, 0) is 23.8 Å². The maximum Gasteiger partial charge on any atom is 0.409 e. The molecule has 41 heavy (non-hydrogen) atoms. The minimum Gasteiger partial charge on any atom is -0.449 e. The molecule has 3 rings (SSSR count). The van der Waals surface area contributed by atoms with Crippen molar-refractivity contribution in [2.24, 2.45) is 11.3 Å². The number of hydrogen-bond donors (Lipinski definition) is 2. The van der Waals surface area contributed by atoms with E-state index >= 15 is 0 Å². The molecule has 3 amide bonds. The van der Waals surface area contributed by atoms with Crippen LogP contribution >= 0.6 is 0 Å². The van der Waals surface area contributed by atoms with Gasteiger partial charge in [-0.1, -0.05) is 63.9 Å². The van der Waals surface area contributed by atoms with Gasteiger partial charge in [-0.25, -0.2) is 9.59 Å². The predicted molar refractivity (Wildman–Crippen MR) is 154 cm³/mol. The van der Waals surface area contributed by atoms with Crippen LogP contribution in [0.15, 0.2) is 30.3 Å². The van der Waals surface area contributed by atoms with Crippen molar-refractivity contribution in [2.75, 3.05) is 32.9 Å². The Morgan fingerprint density at radius 3 is 2.54 bits per heavy atom. The molecule has 2 aliphatic rings. The van der Waals surface area contributed by atoms with Crippen molar-refractivity contribution in [1.82, 2.24) is 15.5 Å². The van der Waals surface area contributed by atoms with Crippen molar-refractivity contribution in [3.8, 4) is 0 Å². The maximum absolute atomic E-state index is 13.0. The average Bonchev–Trinajstić information content (AvgIpc) is 3.57. The third kappa shape index (κ3) is 10.0. The molecule has 2 fully saturated rings. The van der Waals surface area contributed by atoms with Crippen molar-refractivity contribution in [3.63, 3.8) is 0 Å². The quantitative estimate of drug-likeness (QED) is 0.243. The molecule has 0 aromatic heterocycles. The monoisotopic (exact) mass is 573 g/mol. The summed E-state index contributed by atoms with van der Waals surface area (Å²) in [7, 11) is 0. The van der Waals surface area contributed by atoms with Crippen LogP contribution in [0.25, 0.3) is 0 Å². The number of carbonyl (C=O) groups is 4. The van der Waals surface area contributed by atoms with E-state index in [1.807, 2.05) is 51.1 Å². The van der Waals surface area contributed by atoms with E-state index in [-0.39, 0.29) is 12.6 Å². The van der Waals surface area contributed by atoms with Crippen molar-refractivity contribution < 1.29 is 33.4 Å². The second-order valence-electron chi connectivity index (χ2n) is 11.9. The van der Waals surface area contributed by atoms with Crippen LogP contribution in [0, 0.1) is 11.3 Å². The number of amides is 3. The van der Waals surface area contributed by atoms with Crippen LogP contribution in [-0.4, -0.2) is 73.8 Å². The van der Waals surface area contributed by atoms with Crippen molar-refractivity contribution in [3.05, 3.63) is 35.9 Å². The van der Waals surface area contributed by atoms with Crippen molar-refractivity contribution in [2.45, 2.75) is 90.8 Å². The number of unbranched alkanes of at least 4 members (excludes halogenated alkanes) is 2. The summed E-state index contributed by atoms with van der Waals surface area (Å²) in [6, 6.07) is 7.97. The zero-order chi connectivity index (χ0) is 29.8. The first-order valence-electron chi connectivity index (χ1n) is 15.0. The predicted octanol–water partition coefficient (Wildman–Crippen LogP) is 4.77. The Labute approximate surface area is 243 Å². The second-order valence-corrected chi connectivity index (χ2v) is 11.9. The molecule has 0 radical (unpaired) electrons. The molecule has 0 spiro atoms. The van der Waals surface area contributed by atoms with E-state index in [2.05, 4.69) is 10.6 Å². The van der Waals surface area contributed by atoms with E-state index in [9.17, 15) is 19.2 Å². The van der Waals surface area contributed by atoms with E-state index in [4.69, 9.17) is 14.2 Å². The zero-order valence-electron chi connectivity index (χ0n) is 25.0. The summed E-state index contributed by atoms with van der Waals surface area (Å²) in [5, 5.41) is 5.34. The smallest absolute Gasteiger partial charge is 0.409 e. The number of hydrogen-bond acceptors (Lipinski definition) is 7. The van der Waals surface area contributed by atoms with Gasteiger partial charge in [0.1, 0.15) is 12.1 Å². The highest BCUT2D eigenvalue weighted by molar-refractivity contribution is 6.38. The first kappa shape index (κ1) is 32.4. The first-order chi connectivity index (χ1) is 19.6. The fraction of sp³-hybridized carbons (Fsp3) is 0.677. The van der Waals surface area contributed by atoms with Crippen molar-refractivity contribution >= 4 is 23.9 Å². The fourth-order valence-corrected chi connectivity index (χ4v) is 5.27. The molecule has 1 unspecified atom stereocenters. The summed E-state index contributed by atoms with van der Waals surface area (Å²) < 4.78 is 16.6. The van der Waals surface area contributed by atoms with Crippen LogP contribution in [0.2, 0.25) is 0 Å². The Morgan fingerprint density at radius 2 is 1.85 bits per heavy atom. The highest BCUT2D eigenvalue weighted by atomic mass is 16.6. The molecule has 0 saturated carbocycles. The van der Waals surface area contributed by atoms with Gasteiger partial charge in [0.15, 0.2) is 0 Å². The number of ketones is 1. The second kappa shape index (κ2) is 15.7. The standard InChI is InChI=1S/C31H47N3O7/c1-5-6-15-25(27(35)28(36)32-22(2)24-13-8-7-9-14-24)33-29(37)41-26-19-34(21-31(26,3)4)30(38)40-17-11-10-12-23-16-18-39-20-23/h7-9,13-14,22-23,25-26H,5-6,10-12,15-21H2,1-4H3,(H,32,36)(H,33,37)/t22-,23?,25+,26-/m1/s1. The number of benzene rings is 1. The van der Waals surface area contributed by atoms with Crippen LogP contribution in [0.3, 0.4) is 0 Å². The summed E-state index contributed by atoms with van der Waals surface area (Å²) in [6.45, 7) is 10.2. The Morgan fingerprint density at radius 1 is 1.10 bits per heavy atom. The lowest BCUT2D eigenvalue weighted by atomic mass is 9.90. The van der Waals surface area contributed by atoms with Gasteiger partial charge in [-0.3, -0.25) is 9.59 Å². The van der Waals surface area contributed by atoms with Gasteiger partial charge < -0.3 is 29.7 Å². The molecule has 2 heterocycles. The van der Waals surface area contributed by atoms with Gasteiger partial charge >= 0.3 is 12.2 Å². The Bertz CT molecular complexity index is 1010. The summed E-state index contributed by atoms with van der Waals surface area (Å²) in [4.78, 5) is 52.9. The number of alkyl carbamates (subject to hydrolysis) is 1. The van der Waals surface area contributed by atoms with Crippen LogP contribution < -0.4 is 10.6 Å². The molecule has 2 aliphatic heterocycles. The van der Waals surface area contributed by atoms with Crippen LogP contribution in [0.5, 0.6) is 0 Å². The number of ether oxygens (including phenoxy) is 3. The van der Waals surface area contributed by atoms with Crippen LogP contribution in [0.4, 0.5) is 9.59 Å². The molecular weight excluding hydrogens is 526 g/mol. The Balaban J connectivity index is 1.47. The van der Waals surface area contributed by atoms with E-state index < -0.39 is 41.4 Å². The summed E-state index contributed by atoms with van der Waals surface area (Å²) in [5.41, 5.74) is 0.362. The summed E-state index contributed by atoms with van der Waals surface area (Å²) in [5.74, 6) is -0.859. The molecule has 0 aliphatic carbocycles. The van der Waals surface area contributed by atoms with Gasteiger partial charge in [0.05, 0.1) is 19.2 Å². The summed E-state index contributed by atoms with van der Waals surface area (Å²) in [6.07, 6.45) is 3.93. The van der Waals surface area contributed by atoms with Crippen LogP contribution in [0.1, 0.15) is 84.2 Å². The highest BCUT2D eigenvalue weighted by Crippen LogP contribution is 2.32. The zero-order valence-corrected chi connectivity index (χ0v) is 25.0. The lowest BCUT2D eigenvalue weighted by molar-refractivity contribution is -0.139. The number of nitrogens with zero attached hydrogens (tertiary/aromatic N) is 1. The number of carbonyl (C=O) groups excluding carboxylic acids is 4.